The molecule has 142 valence electrons. The van der Waals surface area contributed by atoms with E-state index in [-0.39, 0.29) is 5.91 Å². The largest absolute Gasteiger partial charge is 0.337 e. The van der Waals surface area contributed by atoms with Crippen LogP contribution in [0.15, 0.2) is 18.2 Å². The van der Waals surface area contributed by atoms with Gasteiger partial charge in [-0.05, 0) is 76.4 Å². The van der Waals surface area contributed by atoms with Crippen LogP contribution < -0.4 is 10.2 Å². The molecule has 1 fully saturated rings. The van der Waals surface area contributed by atoms with Crippen molar-refractivity contribution in [3.8, 4) is 0 Å². The second-order valence-corrected chi connectivity index (χ2v) is 7.90. The Morgan fingerprint density at radius 1 is 1.31 bits per heavy atom. The van der Waals surface area contributed by atoms with Gasteiger partial charge in [-0.25, -0.2) is 14.1 Å². The van der Waals surface area contributed by atoms with Crippen molar-refractivity contribution >= 4 is 17.6 Å². The number of carbonyl (C=O) groups excluding carboxylic acids is 2. The maximum atomic E-state index is 13.7. The summed E-state index contributed by atoms with van der Waals surface area (Å²) in [5.41, 5.74) is 0.216. The highest BCUT2D eigenvalue weighted by molar-refractivity contribution is 6.22. The molecule has 5 nitrogen and oxygen atoms in total. The van der Waals surface area contributed by atoms with Gasteiger partial charge in [-0.1, -0.05) is 13.0 Å². The molecule has 1 saturated heterocycles. The molecule has 2 heterocycles. The number of anilines is 1. The van der Waals surface area contributed by atoms with E-state index in [2.05, 4.69) is 17.1 Å². The number of rotatable bonds is 4. The molecule has 0 atom stereocenters. The van der Waals surface area contributed by atoms with E-state index in [1.54, 1.807) is 19.9 Å². The summed E-state index contributed by atoms with van der Waals surface area (Å²) in [7, 11) is 0. The van der Waals surface area contributed by atoms with Crippen molar-refractivity contribution in [2.24, 2.45) is 5.92 Å². The first-order chi connectivity index (χ1) is 12.3. The van der Waals surface area contributed by atoms with Crippen LogP contribution in [0.1, 0.15) is 45.6 Å². The average Bonchev–Trinajstić information content (AvgIpc) is 2.80. The molecule has 2 aliphatic heterocycles. The molecule has 3 amide bonds. The van der Waals surface area contributed by atoms with Gasteiger partial charge in [-0.15, -0.1) is 0 Å². The molecule has 1 aromatic carbocycles. The van der Waals surface area contributed by atoms with Crippen molar-refractivity contribution in [3.63, 3.8) is 0 Å². The zero-order valence-electron chi connectivity index (χ0n) is 15.8. The number of carbonyl (C=O) groups is 2. The van der Waals surface area contributed by atoms with Gasteiger partial charge in [0.15, 0.2) is 0 Å². The van der Waals surface area contributed by atoms with Crippen molar-refractivity contribution in [2.75, 3.05) is 31.1 Å². The zero-order valence-corrected chi connectivity index (χ0v) is 15.8. The molecular weight excluding hydrogens is 333 g/mol. The maximum absolute atomic E-state index is 13.7. The highest BCUT2D eigenvalue weighted by atomic mass is 19.1. The second kappa shape index (κ2) is 7.35. The SMILES string of the molecule is CCCN1CCC(CNC(=O)N2C(=O)C(C)(C)c3ccc(F)cc32)CC1. The Hall–Kier alpha value is -1.95. The number of amides is 3. The van der Waals surface area contributed by atoms with Crippen LogP contribution in [0.4, 0.5) is 14.9 Å². The van der Waals surface area contributed by atoms with Crippen LogP contribution in [0.5, 0.6) is 0 Å². The van der Waals surface area contributed by atoms with Gasteiger partial charge in [0, 0.05) is 6.54 Å². The zero-order chi connectivity index (χ0) is 18.9. The number of likely N-dealkylation sites (tertiary alicyclic amines) is 1. The summed E-state index contributed by atoms with van der Waals surface area (Å²) in [6.07, 6.45) is 3.25. The second-order valence-electron chi connectivity index (χ2n) is 7.90. The lowest BCUT2D eigenvalue weighted by atomic mass is 9.86. The van der Waals surface area contributed by atoms with Crippen LogP contribution in [0.25, 0.3) is 0 Å². The smallest absolute Gasteiger partial charge is 0.328 e. The number of benzene rings is 1. The third kappa shape index (κ3) is 3.47. The highest BCUT2D eigenvalue weighted by Crippen LogP contribution is 2.41. The Morgan fingerprint density at radius 2 is 2.00 bits per heavy atom. The van der Waals surface area contributed by atoms with Gasteiger partial charge in [0.2, 0.25) is 5.91 Å². The molecular formula is C20H28FN3O2. The van der Waals surface area contributed by atoms with E-state index in [0.29, 0.717) is 23.7 Å². The molecule has 3 rings (SSSR count). The number of nitrogens with one attached hydrogen (secondary N) is 1. The summed E-state index contributed by atoms with van der Waals surface area (Å²) < 4.78 is 13.7. The quantitative estimate of drug-likeness (QED) is 0.895. The number of nitrogens with zero attached hydrogens (tertiary/aromatic N) is 2. The standard InChI is InChI=1S/C20H28FN3O2/c1-4-9-23-10-7-14(8-11-23)13-22-19(26)24-17-12-15(21)5-6-16(17)20(2,3)18(24)25/h5-6,12,14H,4,7-11,13H2,1-3H3,(H,22,26). The van der Waals surface area contributed by atoms with Crippen LogP contribution in [-0.2, 0) is 10.2 Å². The third-order valence-electron chi connectivity index (χ3n) is 5.60. The Bertz CT molecular complexity index is 696. The van der Waals surface area contributed by atoms with Crippen molar-refractivity contribution in [1.82, 2.24) is 10.2 Å². The van der Waals surface area contributed by atoms with Gasteiger partial charge < -0.3 is 10.2 Å². The highest BCUT2D eigenvalue weighted by Gasteiger charge is 2.46. The minimum atomic E-state index is -0.828. The summed E-state index contributed by atoms with van der Waals surface area (Å²) in [6.45, 7) is 9.50. The first kappa shape index (κ1) is 18.8. The molecule has 0 radical (unpaired) electrons. The molecule has 26 heavy (non-hydrogen) atoms. The fourth-order valence-corrected chi connectivity index (χ4v) is 3.97. The lowest BCUT2D eigenvalue weighted by Crippen LogP contribution is -2.47. The van der Waals surface area contributed by atoms with E-state index in [1.807, 2.05) is 0 Å². The minimum Gasteiger partial charge on any atom is -0.337 e. The predicted octanol–water partition coefficient (Wildman–Crippen LogP) is 3.28. The van der Waals surface area contributed by atoms with Gasteiger partial charge >= 0.3 is 6.03 Å². The lowest BCUT2D eigenvalue weighted by molar-refractivity contribution is -0.121. The maximum Gasteiger partial charge on any atom is 0.328 e. The first-order valence-electron chi connectivity index (χ1n) is 9.49. The number of imide groups is 1. The summed E-state index contributed by atoms with van der Waals surface area (Å²) in [5, 5.41) is 2.89. The van der Waals surface area contributed by atoms with Gasteiger partial charge in [0.1, 0.15) is 5.82 Å². The van der Waals surface area contributed by atoms with E-state index in [1.165, 1.54) is 12.1 Å². The first-order valence-corrected chi connectivity index (χ1v) is 9.49. The fraction of sp³-hybridized carbons (Fsp3) is 0.600. The van der Waals surface area contributed by atoms with Crippen LogP contribution in [0, 0.1) is 11.7 Å². The van der Waals surface area contributed by atoms with E-state index in [9.17, 15) is 14.0 Å². The van der Waals surface area contributed by atoms with Gasteiger partial charge in [0.25, 0.3) is 0 Å². The predicted molar refractivity (Wildman–Crippen MR) is 99.8 cm³/mol. The minimum absolute atomic E-state index is 0.312. The number of urea groups is 1. The van der Waals surface area contributed by atoms with Crippen molar-refractivity contribution in [2.45, 2.75) is 45.4 Å². The fourth-order valence-electron chi connectivity index (χ4n) is 3.97. The van der Waals surface area contributed by atoms with Gasteiger partial charge in [-0.2, -0.15) is 0 Å². The number of hydrogen-bond donors (Lipinski definition) is 1. The summed E-state index contributed by atoms with van der Waals surface area (Å²) in [6, 6.07) is 3.74. The Balaban J connectivity index is 1.64. The number of piperidine rings is 1. The molecule has 0 aromatic heterocycles. The Morgan fingerprint density at radius 3 is 2.65 bits per heavy atom. The number of fused-ring (bicyclic) bond motifs is 1. The molecule has 2 aliphatic rings. The van der Waals surface area contributed by atoms with E-state index in [4.69, 9.17) is 0 Å². The molecule has 0 saturated carbocycles. The van der Waals surface area contributed by atoms with Gasteiger partial charge in [0.05, 0.1) is 11.1 Å². The molecule has 0 bridgehead atoms. The monoisotopic (exact) mass is 361 g/mol. The van der Waals surface area contributed by atoms with Crippen molar-refractivity contribution in [3.05, 3.63) is 29.6 Å². The summed E-state index contributed by atoms with van der Waals surface area (Å²) >= 11 is 0. The summed E-state index contributed by atoms with van der Waals surface area (Å²) in [5.74, 6) is -0.339. The van der Waals surface area contributed by atoms with Crippen LogP contribution in [-0.4, -0.2) is 43.0 Å². The van der Waals surface area contributed by atoms with Gasteiger partial charge in [-0.3, -0.25) is 4.79 Å². The van der Waals surface area contributed by atoms with Crippen LogP contribution in [0.2, 0.25) is 0 Å². The van der Waals surface area contributed by atoms with E-state index in [0.717, 1.165) is 43.8 Å². The Labute approximate surface area is 154 Å². The average molecular weight is 361 g/mol. The topological polar surface area (TPSA) is 52.7 Å². The molecule has 0 spiro atoms. The molecule has 1 N–H and O–H groups in total. The van der Waals surface area contributed by atoms with Crippen molar-refractivity contribution < 1.29 is 14.0 Å². The summed E-state index contributed by atoms with van der Waals surface area (Å²) in [4.78, 5) is 29.0. The van der Waals surface area contributed by atoms with E-state index >= 15 is 0 Å². The third-order valence-corrected chi connectivity index (χ3v) is 5.60. The molecule has 0 aliphatic carbocycles. The lowest BCUT2D eigenvalue weighted by Gasteiger charge is -2.32. The van der Waals surface area contributed by atoms with Crippen LogP contribution >= 0.6 is 0 Å². The molecule has 1 aromatic rings. The normalized spacial score (nSPS) is 20.3. The Kier molecular flexibility index (Phi) is 5.32. The van der Waals surface area contributed by atoms with E-state index < -0.39 is 17.3 Å². The van der Waals surface area contributed by atoms with Crippen molar-refractivity contribution in [1.29, 1.82) is 0 Å². The van der Waals surface area contributed by atoms with Crippen LogP contribution in [0.3, 0.4) is 0 Å². The number of halogens is 1. The molecule has 0 unspecified atom stereocenters. The number of hydrogen-bond acceptors (Lipinski definition) is 3. The molecule has 6 heteroatoms.